The molecule has 6 rings (SSSR count). The fraction of sp³-hybridized carbons (Fsp3) is 0.161. The first kappa shape index (κ1) is 26.1. The molecule has 10 heteroatoms. The molecule has 3 aromatic heterocycles. The summed E-state index contributed by atoms with van der Waals surface area (Å²) in [4.78, 5) is 22.3. The van der Waals surface area contributed by atoms with Crippen molar-refractivity contribution in [3.8, 4) is 28.1 Å². The molecular formula is C31H25F2N5O3. The van der Waals surface area contributed by atoms with E-state index in [1.54, 1.807) is 48.0 Å². The predicted molar refractivity (Wildman–Crippen MR) is 153 cm³/mol. The predicted octanol–water partition coefficient (Wildman–Crippen LogP) is 6.52. The van der Waals surface area contributed by atoms with Gasteiger partial charge >= 0.3 is 0 Å². The topological polar surface area (TPSA) is 109 Å². The SMILES string of the molecule is CC(C)Oc1ccc(-c2nn([C@@H](C)c3oc4cccc(F)c4c(=O)c3-c3ccccc3)c3ncnc(N)c23)cc1F. The Labute approximate surface area is 233 Å². The van der Waals surface area contributed by atoms with E-state index in [1.807, 2.05) is 19.9 Å². The summed E-state index contributed by atoms with van der Waals surface area (Å²) in [5.74, 6) is -0.720. The lowest BCUT2D eigenvalue weighted by atomic mass is 9.99. The van der Waals surface area contributed by atoms with Crippen LogP contribution < -0.4 is 15.9 Å². The van der Waals surface area contributed by atoms with Crippen molar-refractivity contribution in [2.24, 2.45) is 0 Å². The average molecular weight is 554 g/mol. The Bertz CT molecular complexity index is 1990. The van der Waals surface area contributed by atoms with Crippen LogP contribution in [0.1, 0.15) is 32.6 Å². The van der Waals surface area contributed by atoms with Gasteiger partial charge in [0, 0.05) is 5.56 Å². The van der Waals surface area contributed by atoms with E-state index in [0.29, 0.717) is 27.9 Å². The molecule has 0 saturated heterocycles. The first-order valence-electron chi connectivity index (χ1n) is 13.0. The summed E-state index contributed by atoms with van der Waals surface area (Å²) < 4.78 is 43.1. The lowest BCUT2D eigenvalue weighted by molar-refractivity contribution is 0.231. The molecule has 0 bridgehead atoms. The summed E-state index contributed by atoms with van der Waals surface area (Å²) >= 11 is 0. The number of hydrogen-bond acceptors (Lipinski definition) is 7. The van der Waals surface area contributed by atoms with Crippen molar-refractivity contribution in [2.75, 3.05) is 5.73 Å². The van der Waals surface area contributed by atoms with Crippen LogP contribution in [0.2, 0.25) is 0 Å². The lowest BCUT2D eigenvalue weighted by Crippen LogP contribution is -2.17. The number of nitrogen functional groups attached to an aromatic ring is 1. The number of nitrogens with two attached hydrogens (primary N) is 1. The van der Waals surface area contributed by atoms with Crippen LogP contribution >= 0.6 is 0 Å². The minimum atomic E-state index is -0.718. The van der Waals surface area contributed by atoms with E-state index in [2.05, 4.69) is 9.97 Å². The highest BCUT2D eigenvalue weighted by atomic mass is 19.1. The molecule has 1 atom stereocenters. The molecule has 0 saturated carbocycles. The molecule has 0 spiro atoms. The Hall–Kier alpha value is -5.12. The molecule has 0 unspecified atom stereocenters. The van der Waals surface area contributed by atoms with Crippen molar-refractivity contribution >= 4 is 27.8 Å². The van der Waals surface area contributed by atoms with Crippen LogP contribution in [0.25, 0.3) is 44.4 Å². The molecule has 0 aliphatic rings. The molecule has 41 heavy (non-hydrogen) atoms. The van der Waals surface area contributed by atoms with Crippen molar-refractivity contribution in [3.05, 3.63) is 101 Å². The van der Waals surface area contributed by atoms with Gasteiger partial charge in [-0.2, -0.15) is 5.10 Å². The van der Waals surface area contributed by atoms with Crippen LogP contribution in [0.3, 0.4) is 0 Å². The number of halogens is 2. The molecule has 6 aromatic rings. The van der Waals surface area contributed by atoms with Crippen LogP contribution in [0.4, 0.5) is 14.6 Å². The van der Waals surface area contributed by atoms with E-state index in [1.165, 1.54) is 30.6 Å². The van der Waals surface area contributed by atoms with E-state index < -0.39 is 23.1 Å². The Kier molecular flexibility index (Phi) is 6.45. The van der Waals surface area contributed by atoms with Gasteiger partial charge in [0.25, 0.3) is 0 Å². The Morgan fingerprint density at radius 3 is 2.41 bits per heavy atom. The second-order valence-corrected chi connectivity index (χ2v) is 9.89. The maximum Gasteiger partial charge on any atom is 0.203 e. The van der Waals surface area contributed by atoms with Gasteiger partial charge in [0.15, 0.2) is 17.2 Å². The maximum atomic E-state index is 15.0. The zero-order chi connectivity index (χ0) is 28.8. The fourth-order valence-corrected chi connectivity index (χ4v) is 4.96. The maximum absolute atomic E-state index is 15.0. The van der Waals surface area contributed by atoms with Gasteiger partial charge in [0.1, 0.15) is 46.4 Å². The summed E-state index contributed by atoms with van der Waals surface area (Å²) in [5, 5.41) is 5.05. The third-order valence-electron chi connectivity index (χ3n) is 6.79. The van der Waals surface area contributed by atoms with Crippen LogP contribution in [0.5, 0.6) is 5.75 Å². The van der Waals surface area contributed by atoms with E-state index in [0.717, 1.165) is 0 Å². The Balaban J connectivity index is 1.59. The normalized spacial score (nSPS) is 12.3. The first-order chi connectivity index (χ1) is 19.7. The van der Waals surface area contributed by atoms with Crippen LogP contribution in [0, 0.1) is 11.6 Å². The van der Waals surface area contributed by atoms with Gasteiger partial charge in [0.05, 0.1) is 17.1 Å². The fourth-order valence-electron chi connectivity index (χ4n) is 4.96. The summed E-state index contributed by atoms with van der Waals surface area (Å²) in [5.41, 5.74) is 7.75. The number of nitrogens with zero attached hydrogens (tertiary/aromatic N) is 4. The number of aromatic nitrogens is 4. The summed E-state index contributed by atoms with van der Waals surface area (Å²) in [6.45, 7) is 5.40. The van der Waals surface area contributed by atoms with Crippen LogP contribution in [0.15, 0.2) is 82.3 Å². The molecule has 206 valence electrons. The zero-order valence-electron chi connectivity index (χ0n) is 22.4. The number of fused-ring (bicyclic) bond motifs is 2. The number of hydrogen-bond donors (Lipinski definition) is 1. The zero-order valence-corrected chi connectivity index (χ0v) is 22.4. The molecular weight excluding hydrogens is 528 g/mol. The van der Waals surface area contributed by atoms with E-state index >= 15 is 0 Å². The van der Waals surface area contributed by atoms with Gasteiger partial charge in [-0.3, -0.25) is 4.79 Å². The highest BCUT2D eigenvalue weighted by Gasteiger charge is 2.28. The Morgan fingerprint density at radius 2 is 1.68 bits per heavy atom. The summed E-state index contributed by atoms with van der Waals surface area (Å²) in [6, 6.07) is 16.9. The van der Waals surface area contributed by atoms with Gasteiger partial charge in [-0.25, -0.2) is 23.4 Å². The molecule has 8 nitrogen and oxygen atoms in total. The minimum absolute atomic E-state index is 0.102. The third-order valence-corrected chi connectivity index (χ3v) is 6.79. The van der Waals surface area contributed by atoms with Gasteiger partial charge in [-0.05, 0) is 56.7 Å². The smallest absolute Gasteiger partial charge is 0.203 e. The van der Waals surface area contributed by atoms with Gasteiger partial charge < -0.3 is 14.9 Å². The monoisotopic (exact) mass is 553 g/mol. The second-order valence-electron chi connectivity index (χ2n) is 9.89. The molecule has 0 radical (unpaired) electrons. The van der Waals surface area contributed by atoms with Crippen LogP contribution in [-0.4, -0.2) is 25.9 Å². The van der Waals surface area contributed by atoms with Crippen molar-refractivity contribution in [1.82, 2.24) is 19.7 Å². The highest BCUT2D eigenvalue weighted by molar-refractivity contribution is 5.98. The van der Waals surface area contributed by atoms with E-state index in [-0.39, 0.29) is 40.0 Å². The number of benzene rings is 3. The summed E-state index contributed by atoms with van der Waals surface area (Å²) in [6.07, 6.45) is 1.10. The average Bonchev–Trinajstić information content (AvgIpc) is 3.35. The standard InChI is InChI=1S/C31H25F2N5O3/c1-16(2)40-22-13-12-19(14-21(22)33)27-26-30(34)35-15-36-31(26)38(37-27)17(3)29-24(18-8-5-4-6-9-18)28(39)25-20(32)10-7-11-23(25)41-29/h4-17H,1-3H3,(H2,34,35,36)/t17-/m0/s1. The largest absolute Gasteiger partial charge is 0.488 e. The lowest BCUT2D eigenvalue weighted by Gasteiger charge is -2.17. The number of ether oxygens (including phenoxy) is 1. The molecule has 3 aromatic carbocycles. The summed E-state index contributed by atoms with van der Waals surface area (Å²) in [7, 11) is 0. The first-order valence-corrected chi connectivity index (χ1v) is 13.0. The van der Waals surface area contributed by atoms with Gasteiger partial charge in [-0.1, -0.05) is 36.4 Å². The third kappa shape index (κ3) is 4.47. The Morgan fingerprint density at radius 1 is 0.902 bits per heavy atom. The molecule has 3 heterocycles. The molecule has 2 N–H and O–H groups in total. The minimum Gasteiger partial charge on any atom is -0.488 e. The number of anilines is 1. The van der Waals surface area contributed by atoms with E-state index in [4.69, 9.17) is 20.0 Å². The number of rotatable bonds is 6. The van der Waals surface area contributed by atoms with Crippen molar-refractivity contribution in [2.45, 2.75) is 32.9 Å². The van der Waals surface area contributed by atoms with Gasteiger partial charge in [-0.15, -0.1) is 0 Å². The quantitative estimate of drug-likeness (QED) is 0.250. The van der Waals surface area contributed by atoms with Crippen molar-refractivity contribution < 1.29 is 17.9 Å². The van der Waals surface area contributed by atoms with Crippen molar-refractivity contribution in [1.29, 1.82) is 0 Å². The molecule has 0 amide bonds. The van der Waals surface area contributed by atoms with Crippen LogP contribution in [-0.2, 0) is 0 Å². The van der Waals surface area contributed by atoms with E-state index in [9.17, 15) is 13.6 Å². The van der Waals surface area contributed by atoms with Gasteiger partial charge in [0.2, 0.25) is 5.43 Å². The second kappa shape index (κ2) is 10.1. The highest BCUT2D eigenvalue weighted by Crippen LogP contribution is 2.37. The molecule has 0 aliphatic carbocycles. The molecule has 0 aliphatic heterocycles. The van der Waals surface area contributed by atoms with Crippen molar-refractivity contribution in [3.63, 3.8) is 0 Å². The molecule has 0 fully saturated rings.